The number of rotatable bonds is 4. The summed E-state index contributed by atoms with van der Waals surface area (Å²) in [5.74, 6) is 0.276. The van der Waals surface area contributed by atoms with E-state index in [1.54, 1.807) is 23.1 Å². The Morgan fingerprint density at radius 1 is 1.12 bits per heavy atom. The normalized spacial score (nSPS) is 22.5. The monoisotopic (exact) mass is 360 g/mol. The number of carboxylic acid groups (broad SMARTS) is 1. The maximum atomic E-state index is 12.6. The number of carboxylic acids is 1. The zero-order chi connectivity index (χ0) is 18.1. The largest absolute Gasteiger partial charge is 0.486 e. The van der Waals surface area contributed by atoms with Gasteiger partial charge in [-0.15, -0.1) is 0 Å². The molecule has 0 radical (unpaired) electrons. The molecule has 0 unspecified atom stereocenters. The van der Waals surface area contributed by atoms with E-state index in [2.05, 4.69) is 0 Å². The molecule has 2 aliphatic heterocycles. The van der Waals surface area contributed by atoms with Gasteiger partial charge in [-0.1, -0.05) is 18.9 Å². The van der Waals surface area contributed by atoms with Crippen molar-refractivity contribution in [2.45, 2.75) is 37.8 Å². The first-order chi connectivity index (χ1) is 12.6. The molecule has 2 fully saturated rings. The van der Waals surface area contributed by atoms with E-state index < -0.39 is 12.0 Å². The third kappa shape index (κ3) is 3.23. The smallest absolute Gasteiger partial charge is 0.325 e. The standard InChI is InChI=1S/C19H24N2O5/c22-17-12-20(7-8-21(17)14-3-1-2-4-14)18(19(23)24)13-5-6-15-16(11-13)26-10-9-25-15/h5-6,11,14,18H,1-4,7-10,12H2,(H,23,24)/t18-/m0/s1. The summed E-state index contributed by atoms with van der Waals surface area (Å²) < 4.78 is 11.1. The van der Waals surface area contributed by atoms with Crippen molar-refractivity contribution in [3.63, 3.8) is 0 Å². The van der Waals surface area contributed by atoms with Crippen LogP contribution in [0, 0.1) is 0 Å². The van der Waals surface area contributed by atoms with Crippen LogP contribution < -0.4 is 9.47 Å². The third-order valence-electron chi connectivity index (χ3n) is 5.53. The third-order valence-corrected chi connectivity index (χ3v) is 5.53. The predicted octanol–water partition coefficient (Wildman–Crippen LogP) is 1.67. The van der Waals surface area contributed by atoms with E-state index in [1.807, 2.05) is 4.90 Å². The fourth-order valence-electron chi connectivity index (χ4n) is 4.27. The molecule has 7 heteroatoms. The van der Waals surface area contributed by atoms with Crippen molar-refractivity contribution in [1.82, 2.24) is 9.80 Å². The molecule has 1 aliphatic carbocycles. The fraction of sp³-hybridized carbons (Fsp3) is 0.579. The van der Waals surface area contributed by atoms with Crippen LogP contribution in [-0.4, -0.2) is 65.7 Å². The van der Waals surface area contributed by atoms with Gasteiger partial charge in [-0.25, -0.2) is 0 Å². The Hall–Kier alpha value is -2.28. The van der Waals surface area contributed by atoms with E-state index in [1.165, 1.54) is 12.8 Å². The van der Waals surface area contributed by atoms with Crippen LogP contribution in [0.3, 0.4) is 0 Å². The second-order valence-electron chi connectivity index (χ2n) is 7.14. The molecule has 1 aromatic carbocycles. The van der Waals surface area contributed by atoms with E-state index in [0.29, 0.717) is 49.4 Å². The van der Waals surface area contributed by atoms with Gasteiger partial charge in [0.05, 0.1) is 6.54 Å². The van der Waals surface area contributed by atoms with Crippen molar-refractivity contribution in [2.75, 3.05) is 32.8 Å². The first-order valence-corrected chi connectivity index (χ1v) is 9.29. The van der Waals surface area contributed by atoms with E-state index >= 15 is 0 Å². The number of piperazine rings is 1. The van der Waals surface area contributed by atoms with Crippen molar-refractivity contribution in [3.05, 3.63) is 23.8 Å². The average molecular weight is 360 g/mol. The molecule has 1 saturated heterocycles. The summed E-state index contributed by atoms with van der Waals surface area (Å²) in [5.41, 5.74) is 0.615. The Morgan fingerprint density at radius 3 is 2.54 bits per heavy atom. The van der Waals surface area contributed by atoms with Crippen molar-refractivity contribution in [3.8, 4) is 11.5 Å². The number of hydrogen-bond donors (Lipinski definition) is 1. The maximum Gasteiger partial charge on any atom is 0.325 e. The Morgan fingerprint density at radius 2 is 1.85 bits per heavy atom. The van der Waals surface area contributed by atoms with Crippen LogP contribution in [0.25, 0.3) is 0 Å². The molecule has 2 heterocycles. The number of nitrogens with zero attached hydrogens (tertiary/aromatic N) is 2. The van der Waals surface area contributed by atoms with Crippen LogP contribution in [0.4, 0.5) is 0 Å². The van der Waals surface area contributed by atoms with Crippen LogP contribution in [0.2, 0.25) is 0 Å². The molecular formula is C19H24N2O5. The van der Waals surface area contributed by atoms with Gasteiger partial charge in [-0.2, -0.15) is 0 Å². The number of benzene rings is 1. The SMILES string of the molecule is O=C(O)[C@H](c1ccc2c(c1)OCCO2)N1CCN(C2CCCC2)C(=O)C1. The van der Waals surface area contributed by atoms with Gasteiger partial charge in [-0.05, 0) is 30.5 Å². The van der Waals surface area contributed by atoms with Crippen molar-refractivity contribution in [2.24, 2.45) is 0 Å². The van der Waals surface area contributed by atoms with E-state index in [0.717, 1.165) is 12.8 Å². The Bertz CT molecular complexity index is 701. The quantitative estimate of drug-likeness (QED) is 0.880. The number of amides is 1. The van der Waals surface area contributed by atoms with Gasteiger partial charge < -0.3 is 19.5 Å². The van der Waals surface area contributed by atoms with Crippen LogP contribution in [-0.2, 0) is 9.59 Å². The predicted molar refractivity (Wildman–Crippen MR) is 93.4 cm³/mol. The fourth-order valence-corrected chi connectivity index (χ4v) is 4.27. The molecule has 4 rings (SSSR count). The Balaban J connectivity index is 1.52. The summed E-state index contributed by atoms with van der Waals surface area (Å²) in [5, 5.41) is 9.81. The topological polar surface area (TPSA) is 79.3 Å². The minimum atomic E-state index is -0.955. The van der Waals surface area contributed by atoms with Gasteiger partial charge in [0.15, 0.2) is 11.5 Å². The summed E-state index contributed by atoms with van der Waals surface area (Å²) in [6.07, 6.45) is 4.48. The molecule has 1 saturated carbocycles. The van der Waals surface area contributed by atoms with E-state index in [4.69, 9.17) is 9.47 Å². The zero-order valence-corrected chi connectivity index (χ0v) is 14.7. The highest BCUT2D eigenvalue weighted by Gasteiger charge is 2.37. The summed E-state index contributed by atoms with van der Waals surface area (Å²) in [6.45, 7) is 2.24. The highest BCUT2D eigenvalue weighted by atomic mass is 16.6. The molecule has 26 heavy (non-hydrogen) atoms. The minimum absolute atomic E-state index is 0.0342. The van der Waals surface area contributed by atoms with Crippen LogP contribution >= 0.6 is 0 Å². The van der Waals surface area contributed by atoms with Gasteiger partial charge in [0.2, 0.25) is 5.91 Å². The second kappa shape index (κ2) is 7.15. The van der Waals surface area contributed by atoms with Crippen molar-refractivity contribution < 1.29 is 24.2 Å². The van der Waals surface area contributed by atoms with Gasteiger partial charge >= 0.3 is 5.97 Å². The first-order valence-electron chi connectivity index (χ1n) is 9.29. The molecule has 1 atom stereocenters. The highest BCUT2D eigenvalue weighted by molar-refractivity contribution is 5.82. The Kier molecular flexibility index (Phi) is 4.72. The molecule has 140 valence electrons. The number of hydrogen-bond acceptors (Lipinski definition) is 5. The molecule has 1 aromatic rings. The number of aliphatic carboxylic acids is 1. The molecule has 3 aliphatic rings. The number of carbonyl (C=O) groups excluding carboxylic acids is 1. The molecular weight excluding hydrogens is 336 g/mol. The van der Waals surface area contributed by atoms with Gasteiger partial charge in [0.1, 0.15) is 19.3 Å². The van der Waals surface area contributed by atoms with Crippen molar-refractivity contribution >= 4 is 11.9 Å². The second-order valence-corrected chi connectivity index (χ2v) is 7.14. The maximum absolute atomic E-state index is 12.6. The first kappa shape index (κ1) is 17.1. The summed E-state index contributed by atoms with van der Waals surface area (Å²) in [6, 6.07) is 4.69. The van der Waals surface area contributed by atoms with Crippen LogP contribution in [0.5, 0.6) is 11.5 Å². The lowest BCUT2D eigenvalue weighted by atomic mass is 10.0. The lowest BCUT2D eigenvalue weighted by Gasteiger charge is -2.40. The van der Waals surface area contributed by atoms with Crippen LogP contribution in [0.1, 0.15) is 37.3 Å². The Labute approximate surface area is 152 Å². The van der Waals surface area contributed by atoms with Crippen molar-refractivity contribution in [1.29, 1.82) is 0 Å². The molecule has 7 nitrogen and oxygen atoms in total. The molecule has 0 aromatic heterocycles. The highest BCUT2D eigenvalue weighted by Crippen LogP contribution is 2.35. The minimum Gasteiger partial charge on any atom is -0.486 e. The summed E-state index contributed by atoms with van der Waals surface area (Å²) in [4.78, 5) is 28.3. The summed E-state index contributed by atoms with van der Waals surface area (Å²) in [7, 11) is 0. The molecule has 0 spiro atoms. The van der Waals surface area contributed by atoms with Gasteiger partial charge in [0.25, 0.3) is 0 Å². The summed E-state index contributed by atoms with van der Waals surface area (Å²) >= 11 is 0. The van der Waals surface area contributed by atoms with Crippen LogP contribution in [0.15, 0.2) is 18.2 Å². The van der Waals surface area contributed by atoms with E-state index in [9.17, 15) is 14.7 Å². The number of ether oxygens (including phenoxy) is 2. The molecule has 1 amide bonds. The van der Waals surface area contributed by atoms with Gasteiger partial charge in [0, 0.05) is 19.1 Å². The lowest BCUT2D eigenvalue weighted by Crippen LogP contribution is -2.55. The zero-order valence-electron chi connectivity index (χ0n) is 14.7. The lowest BCUT2D eigenvalue weighted by molar-refractivity contribution is -0.148. The molecule has 1 N–H and O–H groups in total. The van der Waals surface area contributed by atoms with E-state index in [-0.39, 0.29) is 12.5 Å². The molecule has 0 bridgehead atoms. The average Bonchev–Trinajstić information content (AvgIpc) is 3.16. The number of carbonyl (C=O) groups is 2. The van der Waals surface area contributed by atoms with Gasteiger partial charge in [-0.3, -0.25) is 14.5 Å². The number of fused-ring (bicyclic) bond motifs is 1.